The minimum absolute atomic E-state index is 0.0777. The van der Waals surface area contributed by atoms with Gasteiger partial charge in [0, 0.05) is 25.7 Å². The molecule has 0 heterocycles. The second-order valence-corrected chi connectivity index (χ2v) is 4.04. The maximum Gasteiger partial charge on any atom is 0.227 e. The summed E-state index contributed by atoms with van der Waals surface area (Å²) in [6.07, 6.45) is 1.41. The third-order valence-electron chi connectivity index (χ3n) is 2.59. The Bertz CT molecular complexity index is 179. The van der Waals surface area contributed by atoms with Crippen molar-refractivity contribution in [3.63, 3.8) is 0 Å². The lowest BCUT2D eigenvalue weighted by molar-refractivity contribution is -0.137. The molecule has 0 aliphatic heterocycles. The first-order chi connectivity index (χ1) is 7.08. The number of rotatable bonds is 7. The summed E-state index contributed by atoms with van der Waals surface area (Å²) in [6.45, 7) is 7.08. The van der Waals surface area contributed by atoms with Crippen molar-refractivity contribution >= 4 is 5.91 Å². The van der Waals surface area contributed by atoms with Gasteiger partial charge in [-0.15, -0.1) is 0 Å². The Balaban J connectivity index is 4.39. The van der Waals surface area contributed by atoms with E-state index >= 15 is 0 Å². The molecule has 0 saturated carbocycles. The first kappa shape index (κ1) is 14.4. The topological polar surface area (TPSA) is 66.6 Å². The molecule has 0 radical (unpaired) electrons. The molecule has 3 N–H and O–H groups in total. The zero-order chi connectivity index (χ0) is 11.8. The standard InChI is InChI=1S/C11H24N2O2/c1-4-10(8-12)11(15)13(9(2)3)6-5-7-14/h9-10,14H,4-8,12H2,1-3H3. The van der Waals surface area contributed by atoms with Crippen molar-refractivity contribution in [2.75, 3.05) is 19.7 Å². The van der Waals surface area contributed by atoms with Crippen LogP contribution in [-0.4, -0.2) is 41.7 Å². The van der Waals surface area contributed by atoms with Crippen molar-refractivity contribution in [1.29, 1.82) is 0 Å². The van der Waals surface area contributed by atoms with Gasteiger partial charge in [-0.05, 0) is 26.7 Å². The molecule has 0 saturated heterocycles. The number of carbonyl (C=O) groups excluding carboxylic acids is 1. The highest BCUT2D eigenvalue weighted by atomic mass is 16.3. The van der Waals surface area contributed by atoms with Gasteiger partial charge in [0.05, 0.1) is 5.92 Å². The second-order valence-electron chi connectivity index (χ2n) is 4.04. The third-order valence-corrected chi connectivity index (χ3v) is 2.59. The van der Waals surface area contributed by atoms with E-state index in [1.54, 1.807) is 4.90 Å². The van der Waals surface area contributed by atoms with Crippen LogP contribution in [0.2, 0.25) is 0 Å². The van der Waals surface area contributed by atoms with Gasteiger partial charge in [-0.25, -0.2) is 0 Å². The summed E-state index contributed by atoms with van der Waals surface area (Å²) >= 11 is 0. The maximum atomic E-state index is 12.0. The number of aliphatic hydroxyl groups is 1. The molecule has 15 heavy (non-hydrogen) atoms. The zero-order valence-corrected chi connectivity index (χ0v) is 10.1. The predicted molar refractivity (Wildman–Crippen MR) is 61.4 cm³/mol. The predicted octanol–water partition coefficient (Wildman–Crippen LogP) is 0.591. The largest absolute Gasteiger partial charge is 0.396 e. The van der Waals surface area contributed by atoms with Crippen LogP contribution >= 0.6 is 0 Å². The molecule has 0 aliphatic carbocycles. The molecule has 1 unspecified atom stereocenters. The number of hydrogen-bond donors (Lipinski definition) is 2. The van der Waals surface area contributed by atoms with E-state index in [2.05, 4.69) is 0 Å². The molecular weight excluding hydrogens is 192 g/mol. The van der Waals surface area contributed by atoms with Gasteiger partial charge < -0.3 is 15.7 Å². The fourth-order valence-electron chi connectivity index (χ4n) is 1.54. The first-order valence-electron chi connectivity index (χ1n) is 5.69. The lowest BCUT2D eigenvalue weighted by Gasteiger charge is -2.29. The number of nitrogens with zero attached hydrogens (tertiary/aromatic N) is 1. The number of aliphatic hydroxyl groups excluding tert-OH is 1. The fourth-order valence-corrected chi connectivity index (χ4v) is 1.54. The van der Waals surface area contributed by atoms with Gasteiger partial charge in [0.2, 0.25) is 5.91 Å². The monoisotopic (exact) mass is 216 g/mol. The van der Waals surface area contributed by atoms with Gasteiger partial charge >= 0.3 is 0 Å². The zero-order valence-electron chi connectivity index (χ0n) is 10.1. The third kappa shape index (κ3) is 4.62. The molecule has 0 rings (SSSR count). The molecule has 4 nitrogen and oxygen atoms in total. The van der Waals surface area contributed by atoms with Crippen LogP contribution in [0.4, 0.5) is 0 Å². The summed E-state index contributed by atoms with van der Waals surface area (Å²) in [4.78, 5) is 13.8. The van der Waals surface area contributed by atoms with Crippen LogP contribution in [0.15, 0.2) is 0 Å². The van der Waals surface area contributed by atoms with Gasteiger partial charge in [0.15, 0.2) is 0 Å². The summed E-state index contributed by atoms with van der Waals surface area (Å²) in [6, 6.07) is 0.171. The van der Waals surface area contributed by atoms with E-state index in [0.717, 1.165) is 6.42 Å². The molecule has 0 fully saturated rings. The SMILES string of the molecule is CCC(CN)C(=O)N(CCCO)C(C)C. The first-order valence-corrected chi connectivity index (χ1v) is 5.69. The Morgan fingerprint density at radius 2 is 2.07 bits per heavy atom. The molecule has 90 valence electrons. The van der Waals surface area contributed by atoms with E-state index in [4.69, 9.17) is 10.8 Å². The molecule has 0 aromatic heterocycles. The highest BCUT2D eigenvalue weighted by Crippen LogP contribution is 2.10. The van der Waals surface area contributed by atoms with Crippen molar-refractivity contribution in [3.8, 4) is 0 Å². The van der Waals surface area contributed by atoms with Crippen molar-refractivity contribution in [2.45, 2.75) is 39.7 Å². The minimum Gasteiger partial charge on any atom is -0.396 e. The van der Waals surface area contributed by atoms with E-state index < -0.39 is 0 Å². The highest BCUT2D eigenvalue weighted by Gasteiger charge is 2.23. The van der Waals surface area contributed by atoms with E-state index in [1.165, 1.54) is 0 Å². The average Bonchev–Trinajstić information content (AvgIpc) is 2.19. The van der Waals surface area contributed by atoms with Gasteiger partial charge in [0.1, 0.15) is 0 Å². The number of nitrogens with two attached hydrogens (primary N) is 1. The smallest absolute Gasteiger partial charge is 0.227 e. The Morgan fingerprint density at radius 1 is 1.47 bits per heavy atom. The van der Waals surface area contributed by atoms with Crippen LogP contribution < -0.4 is 5.73 Å². The lowest BCUT2D eigenvalue weighted by Crippen LogP contribution is -2.43. The number of hydrogen-bond acceptors (Lipinski definition) is 3. The van der Waals surface area contributed by atoms with E-state index in [9.17, 15) is 4.79 Å². The molecule has 1 atom stereocenters. The highest BCUT2D eigenvalue weighted by molar-refractivity contribution is 5.79. The van der Waals surface area contributed by atoms with Crippen LogP contribution in [0.3, 0.4) is 0 Å². The van der Waals surface area contributed by atoms with E-state index in [1.807, 2.05) is 20.8 Å². The van der Waals surface area contributed by atoms with E-state index in [-0.39, 0.29) is 24.5 Å². The number of carbonyl (C=O) groups is 1. The minimum atomic E-state index is -0.0777. The fraction of sp³-hybridized carbons (Fsp3) is 0.909. The molecule has 0 aliphatic rings. The molecule has 4 heteroatoms. The molecular formula is C11H24N2O2. The van der Waals surface area contributed by atoms with E-state index in [0.29, 0.717) is 19.5 Å². The summed E-state index contributed by atoms with van der Waals surface area (Å²) in [5, 5.41) is 8.77. The molecule has 1 amide bonds. The van der Waals surface area contributed by atoms with Crippen LogP contribution in [0.1, 0.15) is 33.6 Å². The second kappa shape index (κ2) is 7.65. The quantitative estimate of drug-likeness (QED) is 0.654. The Kier molecular flexibility index (Phi) is 7.34. The van der Waals surface area contributed by atoms with Crippen molar-refractivity contribution in [2.24, 2.45) is 11.7 Å². The summed E-state index contributed by atoms with van der Waals surface area (Å²) in [5.41, 5.74) is 5.55. The Hall–Kier alpha value is -0.610. The average molecular weight is 216 g/mol. The van der Waals surface area contributed by atoms with Gasteiger partial charge in [-0.1, -0.05) is 6.92 Å². The van der Waals surface area contributed by atoms with Crippen LogP contribution in [0.25, 0.3) is 0 Å². The molecule has 0 aromatic carbocycles. The normalized spacial score (nSPS) is 12.9. The van der Waals surface area contributed by atoms with Gasteiger partial charge in [0.25, 0.3) is 0 Å². The van der Waals surface area contributed by atoms with Crippen molar-refractivity contribution in [3.05, 3.63) is 0 Å². The molecule has 0 bridgehead atoms. The lowest BCUT2D eigenvalue weighted by atomic mass is 10.0. The molecule has 0 aromatic rings. The number of amides is 1. The van der Waals surface area contributed by atoms with Crippen LogP contribution in [0.5, 0.6) is 0 Å². The van der Waals surface area contributed by atoms with Crippen molar-refractivity contribution in [1.82, 2.24) is 4.90 Å². The van der Waals surface area contributed by atoms with Crippen LogP contribution in [-0.2, 0) is 4.79 Å². The van der Waals surface area contributed by atoms with Crippen molar-refractivity contribution < 1.29 is 9.90 Å². The Labute approximate surface area is 92.4 Å². The van der Waals surface area contributed by atoms with Gasteiger partial charge in [-0.3, -0.25) is 4.79 Å². The van der Waals surface area contributed by atoms with Crippen LogP contribution in [0, 0.1) is 5.92 Å². The maximum absolute atomic E-state index is 12.0. The Morgan fingerprint density at radius 3 is 2.40 bits per heavy atom. The molecule has 0 spiro atoms. The summed E-state index contributed by atoms with van der Waals surface area (Å²) in [7, 11) is 0. The summed E-state index contributed by atoms with van der Waals surface area (Å²) in [5.74, 6) is 0.0366. The summed E-state index contributed by atoms with van der Waals surface area (Å²) < 4.78 is 0. The van der Waals surface area contributed by atoms with Gasteiger partial charge in [-0.2, -0.15) is 0 Å².